The summed E-state index contributed by atoms with van der Waals surface area (Å²) in [5, 5.41) is 36.8. The SMILES string of the molecule is C=C(C)C(=O)OCC[N-]CC.C=C(C)C(=O)OCC[N-]CC(C)(F)F.C=C(C)C(=O)OCC[N-]CC(F)(F)CC.C=C(C)C(=O)OCC[N-]CC(F)(F)CC(C)(F)F.C=CC(=O)OCC[N-]CC(C)(F)F.C=CC(=O)OCC[N-]CC(F)(F)CC.C=CC(=O)OCC[N-]CC(F)(F)CC(C)(F)F.CC[N-]CCO. The summed E-state index contributed by atoms with van der Waals surface area (Å²) < 4.78 is 233. The van der Waals surface area contributed by atoms with Crippen LogP contribution in [0.5, 0.6) is 0 Å². The van der Waals surface area contributed by atoms with Crippen LogP contribution in [-0.2, 0) is 66.7 Å². The lowest BCUT2D eigenvalue weighted by molar-refractivity contribution is -0.139. The van der Waals surface area contributed by atoms with E-state index in [1.54, 1.807) is 6.92 Å². The van der Waals surface area contributed by atoms with Crippen LogP contribution in [0.1, 0.15) is 109 Å². The van der Waals surface area contributed by atoms with E-state index in [0.29, 0.717) is 39.1 Å². The average Bonchev–Trinajstić information content (AvgIpc) is 0.893. The maximum Gasteiger partial charge on any atom is 0.333 e. The summed E-state index contributed by atoms with van der Waals surface area (Å²) in [5.41, 5.74) is 1.19. The van der Waals surface area contributed by atoms with Gasteiger partial charge in [0.05, 0.1) is 59.1 Å². The standard InChI is InChI=1S/C11H16F4NO2.C10H14F4NO2.C10H16F2NO2.2C9H14F2NO2.C8H12F2NO2.C8H14NO2.C4H10NO/c1-8(2)9(17)18-5-4-16-7-11(14,15)6-10(3,12)13;1-3-8(16)17-5-4-15-7-10(13,14)6-9(2,11)12;1-4-10(11,12)7-13-5-6-15-9(14)8(2)3;1-7(2)8(13)14-5-4-12-6-9(3,10)11;1-3-8(13)14-6-5-12-7-9(10,11)4-2;1-3-7(12)13-5-4-11-6-8(2,9)10;1-4-9-5-6-11-8(10)7(2)3;1-2-5-3-4-6/h1,4-7H2,2-3H3;3H,1,4-7H2,2H3;2,4-7H2,1,3H3;1,4-6H2,2-3H3;3H,1,4-7H2,2H3;3H,1,4-6H2,2H3;2,4-6H2,1,3H3;6H,2-4H2,1H3/q8*-1. The Bertz CT molecular complexity index is 2500. The van der Waals surface area contributed by atoms with E-state index in [1.165, 1.54) is 34.6 Å². The topological polar surface area (TPSA) is 317 Å². The van der Waals surface area contributed by atoms with Crippen molar-refractivity contribution >= 4 is 41.8 Å². The molecule has 0 atom stereocenters. The molecule has 0 spiro atoms. The molecule has 0 aromatic heterocycles. The first kappa shape index (κ1) is 117. The molecule has 0 unspecified atom stereocenters. The van der Waals surface area contributed by atoms with Gasteiger partial charge in [-0.05, 0) is 55.4 Å². The monoisotopic (exact) mass is 1590 g/mol. The summed E-state index contributed by atoms with van der Waals surface area (Å²) >= 11 is 0. The molecule has 0 fully saturated rings. The molecule has 0 saturated heterocycles. The number of halogens is 16. The highest BCUT2D eigenvalue weighted by Gasteiger charge is 2.38. The zero-order chi connectivity index (χ0) is 85.9. The van der Waals surface area contributed by atoms with Crippen molar-refractivity contribution < 1.29 is 142 Å². The van der Waals surface area contributed by atoms with Crippen LogP contribution in [0, 0.1) is 0 Å². The highest BCUT2D eigenvalue weighted by atomic mass is 19.3. The molecular weight excluding hydrogens is 1480 g/mol. The Morgan fingerprint density at radius 1 is 0.315 bits per heavy atom. The third-order valence-electron chi connectivity index (χ3n) is 10.3. The average molecular weight is 1600 g/mol. The number of hydrogen-bond donors (Lipinski definition) is 1. The lowest BCUT2D eigenvalue weighted by atomic mass is 10.1. The van der Waals surface area contributed by atoms with Crippen molar-refractivity contribution in [2.24, 2.45) is 0 Å². The molecule has 23 nitrogen and oxygen atoms in total. The summed E-state index contributed by atoms with van der Waals surface area (Å²) in [6.45, 7) is 37.1. The van der Waals surface area contributed by atoms with Crippen LogP contribution >= 0.6 is 0 Å². The summed E-state index contributed by atoms with van der Waals surface area (Å²) in [5.74, 6) is -28.9. The number of esters is 7. The number of hydrogen-bond acceptors (Lipinski definition) is 15. The molecule has 1 N–H and O–H groups in total. The molecule has 108 heavy (non-hydrogen) atoms. The molecule has 0 bridgehead atoms. The van der Waals surface area contributed by atoms with E-state index in [0.717, 1.165) is 45.2 Å². The number of ether oxygens (including phenoxy) is 7. The first-order chi connectivity index (χ1) is 49.5. The van der Waals surface area contributed by atoms with E-state index < -0.39 is 135 Å². The molecule has 0 aromatic rings. The number of aliphatic hydroxyl groups is 1. The van der Waals surface area contributed by atoms with Crippen molar-refractivity contribution in [1.29, 1.82) is 0 Å². The molecule has 0 aliphatic rings. The number of carbonyl (C=O) groups excluding carboxylic acids is 7. The fourth-order valence-corrected chi connectivity index (χ4v) is 5.27. The number of alkyl halides is 16. The summed E-state index contributed by atoms with van der Waals surface area (Å²) in [6, 6.07) is 0. The van der Waals surface area contributed by atoms with E-state index >= 15 is 0 Å². The molecule has 0 aromatic carbocycles. The molecular formula is C69H110F16N8O15-8. The van der Waals surface area contributed by atoms with Gasteiger partial charge in [-0.15, -0.1) is 52.4 Å². The van der Waals surface area contributed by atoms with Gasteiger partial charge in [-0.25, -0.2) is 104 Å². The van der Waals surface area contributed by atoms with Crippen molar-refractivity contribution in [2.75, 3.05) is 158 Å². The van der Waals surface area contributed by atoms with Crippen molar-refractivity contribution in [3.63, 3.8) is 0 Å². The minimum absolute atomic E-state index is 0.0148. The highest BCUT2D eigenvalue weighted by molar-refractivity contribution is 5.88. The molecule has 0 rings (SSSR count). The Morgan fingerprint density at radius 2 is 0.509 bits per heavy atom. The summed E-state index contributed by atoms with van der Waals surface area (Å²) in [6.07, 6.45) is -0.614. The zero-order valence-corrected chi connectivity index (χ0v) is 63.8. The van der Waals surface area contributed by atoms with Gasteiger partial charge in [0.15, 0.2) is 0 Å². The van der Waals surface area contributed by atoms with Crippen LogP contribution in [0.2, 0.25) is 0 Å². The Kier molecular flexibility index (Phi) is 73.6. The van der Waals surface area contributed by atoms with Crippen LogP contribution < -0.4 is 0 Å². The van der Waals surface area contributed by atoms with Crippen LogP contribution in [0.3, 0.4) is 0 Å². The minimum atomic E-state index is -3.56. The van der Waals surface area contributed by atoms with Crippen LogP contribution in [0.15, 0.2) is 86.6 Å². The third-order valence-corrected chi connectivity index (χ3v) is 10.3. The molecule has 0 aliphatic carbocycles. The van der Waals surface area contributed by atoms with Crippen molar-refractivity contribution in [3.8, 4) is 0 Å². The van der Waals surface area contributed by atoms with Crippen LogP contribution in [0.4, 0.5) is 70.2 Å². The Balaban J connectivity index is -0.000000178. The molecule has 0 amide bonds. The predicted molar refractivity (Wildman–Crippen MR) is 382 cm³/mol. The second-order valence-corrected chi connectivity index (χ2v) is 22.4. The van der Waals surface area contributed by atoms with Gasteiger partial charge in [0.25, 0.3) is 11.8 Å². The largest absolute Gasteiger partial charge is 0.661 e. The lowest BCUT2D eigenvalue weighted by Crippen LogP contribution is -2.30. The number of nitrogens with zero attached hydrogens (tertiary/aromatic N) is 8. The smallest absolute Gasteiger partial charge is 0.333 e. The summed E-state index contributed by atoms with van der Waals surface area (Å²) in [7, 11) is 0. The van der Waals surface area contributed by atoms with Gasteiger partial charge in [0.1, 0.15) is 0 Å². The molecule has 39 heteroatoms. The van der Waals surface area contributed by atoms with E-state index in [4.69, 9.17) is 9.84 Å². The number of rotatable bonds is 50. The van der Waals surface area contributed by atoms with Gasteiger partial charge in [-0.2, -0.15) is 13.1 Å². The van der Waals surface area contributed by atoms with Crippen LogP contribution in [-0.4, -0.2) is 252 Å². The lowest BCUT2D eigenvalue weighted by Gasteiger charge is -2.28. The highest BCUT2D eigenvalue weighted by Crippen LogP contribution is 2.32. The van der Waals surface area contributed by atoms with Gasteiger partial charge in [0.2, 0.25) is 35.5 Å². The number of likely N-dealkylation sites (N-methyl/N-ethyl adjacent to an activating group) is 2. The first-order valence-electron chi connectivity index (χ1n) is 32.9. The maximum absolute atomic E-state index is 12.9. The number of aliphatic hydroxyl groups excluding tert-OH is 1. The van der Waals surface area contributed by atoms with Gasteiger partial charge in [0, 0.05) is 60.0 Å². The fraction of sp³-hybridized carbons (Fsp3) is 0.696. The molecule has 636 valence electrons. The second-order valence-electron chi connectivity index (χ2n) is 22.4. The number of carbonyl (C=O) groups is 7. The first-order valence-corrected chi connectivity index (χ1v) is 32.9. The van der Waals surface area contributed by atoms with E-state index in [1.807, 2.05) is 13.8 Å². The van der Waals surface area contributed by atoms with Crippen molar-refractivity contribution in [1.82, 2.24) is 0 Å². The van der Waals surface area contributed by atoms with Crippen LogP contribution in [0.25, 0.3) is 42.5 Å². The van der Waals surface area contributed by atoms with Gasteiger partial charge in [-0.1, -0.05) is 113 Å². The fourth-order valence-electron chi connectivity index (χ4n) is 5.27. The third kappa shape index (κ3) is 103. The summed E-state index contributed by atoms with van der Waals surface area (Å²) in [4.78, 5) is 74.7. The Labute approximate surface area is 625 Å². The normalized spacial score (nSPS) is 11.2. The molecule has 0 aliphatic heterocycles. The van der Waals surface area contributed by atoms with Crippen molar-refractivity contribution in [3.05, 3.63) is 129 Å². The minimum Gasteiger partial charge on any atom is -0.661 e. The van der Waals surface area contributed by atoms with E-state index in [9.17, 15) is 104 Å². The van der Waals surface area contributed by atoms with Gasteiger partial charge >= 0.3 is 41.8 Å². The predicted octanol–water partition coefficient (Wildman–Crippen LogP) is 16.3. The Morgan fingerprint density at radius 3 is 0.676 bits per heavy atom. The van der Waals surface area contributed by atoms with E-state index in [2.05, 4.69) is 117 Å². The second kappa shape index (κ2) is 68.1. The van der Waals surface area contributed by atoms with Gasteiger partial charge < -0.3 is 80.8 Å². The maximum atomic E-state index is 12.9. The van der Waals surface area contributed by atoms with E-state index in [-0.39, 0.29) is 121 Å². The molecule has 0 heterocycles. The quantitative estimate of drug-likeness (QED) is 0.0194. The molecule has 0 radical (unpaired) electrons. The van der Waals surface area contributed by atoms with Gasteiger partial charge in [-0.3, -0.25) is 0 Å². The molecule has 0 saturated carbocycles. The zero-order valence-electron chi connectivity index (χ0n) is 63.8. The van der Waals surface area contributed by atoms with Crippen molar-refractivity contribution in [2.45, 2.75) is 156 Å². The Hall–Kier alpha value is -7.01.